The molecule has 0 aliphatic heterocycles. The Kier molecular flexibility index (Phi) is 5.82. The Labute approximate surface area is 142 Å². The SMILES string of the molecule is CCCNC(c1ccc(I)cc1)c1c(C)cc(C)cc1C. The Balaban J connectivity index is 2.47. The molecule has 1 atom stereocenters. The van der Waals surface area contributed by atoms with Gasteiger partial charge in [0.1, 0.15) is 0 Å². The smallest absolute Gasteiger partial charge is 0.0581 e. The van der Waals surface area contributed by atoms with Crippen molar-refractivity contribution >= 4 is 22.6 Å². The predicted octanol–water partition coefficient (Wildman–Crippen LogP) is 5.31. The molecule has 2 heteroatoms. The van der Waals surface area contributed by atoms with E-state index in [1.807, 2.05) is 0 Å². The first-order chi connectivity index (χ1) is 10.0. The molecule has 0 fully saturated rings. The topological polar surface area (TPSA) is 12.0 Å². The van der Waals surface area contributed by atoms with Crippen LogP contribution in [0.4, 0.5) is 0 Å². The van der Waals surface area contributed by atoms with E-state index in [0.29, 0.717) is 0 Å². The monoisotopic (exact) mass is 393 g/mol. The Morgan fingerprint density at radius 3 is 2.10 bits per heavy atom. The molecule has 21 heavy (non-hydrogen) atoms. The van der Waals surface area contributed by atoms with Crippen LogP contribution < -0.4 is 5.32 Å². The number of halogens is 1. The van der Waals surface area contributed by atoms with E-state index in [1.165, 1.54) is 31.4 Å². The van der Waals surface area contributed by atoms with Crippen LogP contribution in [0.1, 0.15) is 47.2 Å². The van der Waals surface area contributed by atoms with E-state index >= 15 is 0 Å². The lowest BCUT2D eigenvalue weighted by molar-refractivity contribution is 0.593. The van der Waals surface area contributed by atoms with E-state index in [9.17, 15) is 0 Å². The van der Waals surface area contributed by atoms with Crippen molar-refractivity contribution in [2.45, 2.75) is 40.2 Å². The Morgan fingerprint density at radius 1 is 1.00 bits per heavy atom. The lowest BCUT2D eigenvalue weighted by Crippen LogP contribution is -2.24. The van der Waals surface area contributed by atoms with Gasteiger partial charge in [-0.3, -0.25) is 0 Å². The van der Waals surface area contributed by atoms with Crippen LogP contribution in [-0.2, 0) is 0 Å². The summed E-state index contributed by atoms with van der Waals surface area (Å²) in [5.74, 6) is 0. The second-order valence-electron chi connectivity index (χ2n) is 5.75. The van der Waals surface area contributed by atoms with Gasteiger partial charge in [0, 0.05) is 3.57 Å². The third-order valence-electron chi connectivity index (χ3n) is 3.83. The van der Waals surface area contributed by atoms with Gasteiger partial charge in [-0.15, -0.1) is 0 Å². The Bertz CT molecular complexity index is 578. The van der Waals surface area contributed by atoms with E-state index in [2.05, 4.69) is 92.0 Å². The van der Waals surface area contributed by atoms with Crippen molar-refractivity contribution in [2.75, 3.05) is 6.54 Å². The molecule has 0 aliphatic carbocycles. The van der Waals surface area contributed by atoms with Gasteiger partial charge in [0.15, 0.2) is 0 Å². The van der Waals surface area contributed by atoms with Crippen LogP contribution >= 0.6 is 22.6 Å². The molecule has 1 nitrogen and oxygen atoms in total. The minimum Gasteiger partial charge on any atom is -0.306 e. The van der Waals surface area contributed by atoms with Crippen molar-refractivity contribution in [1.82, 2.24) is 5.32 Å². The van der Waals surface area contributed by atoms with Gasteiger partial charge in [-0.1, -0.05) is 36.8 Å². The van der Waals surface area contributed by atoms with E-state index < -0.39 is 0 Å². The van der Waals surface area contributed by atoms with Crippen LogP contribution in [-0.4, -0.2) is 6.54 Å². The van der Waals surface area contributed by atoms with Gasteiger partial charge in [0.2, 0.25) is 0 Å². The molecule has 0 radical (unpaired) electrons. The van der Waals surface area contributed by atoms with Gasteiger partial charge in [-0.05, 0) is 90.7 Å². The van der Waals surface area contributed by atoms with Gasteiger partial charge in [-0.2, -0.15) is 0 Å². The van der Waals surface area contributed by atoms with E-state index in [-0.39, 0.29) is 6.04 Å². The first-order valence-electron chi connectivity index (χ1n) is 7.59. The van der Waals surface area contributed by atoms with Crippen LogP contribution in [0.25, 0.3) is 0 Å². The number of hydrogen-bond donors (Lipinski definition) is 1. The summed E-state index contributed by atoms with van der Waals surface area (Å²) in [4.78, 5) is 0. The average Bonchev–Trinajstić information content (AvgIpc) is 2.42. The standard InChI is InChI=1S/C19H24IN/c1-5-10-21-19(16-6-8-17(20)9-7-16)18-14(3)11-13(2)12-15(18)4/h6-9,11-12,19,21H,5,10H2,1-4H3. The third kappa shape index (κ3) is 4.07. The first-order valence-corrected chi connectivity index (χ1v) is 8.67. The maximum atomic E-state index is 3.72. The molecule has 0 spiro atoms. The molecule has 1 unspecified atom stereocenters. The molecular weight excluding hydrogens is 369 g/mol. The lowest BCUT2D eigenvalue weighted by Gasteiger charge is -2.24. The van der Waals surface area contributed by atoms with Crippen LogP contribution in [0.2, 0.25) is 0 Å². The lowest BCUT2D eigenvalue weighted by atomic mass is 9.90. The Hall–Kier alpha value is -0.870. The van der Waals surface area contributed by atoms with Gasteiger partial charge in [0.05, 0.1) is 6.04 Å². The van der Waals surface area contributed by atoms with Crippen molar-refractivity contribution in [3.63, 3.8) is 0 Å². The van der Waals surface area contributed by atoms with Crippen LogP contribution in [0.5, 0.6) is 0 Å². The molecule has 0 aromatic heterocycles. The summed E-state index contributed by atoms with van der Waals surface area (Å²) in [5.41, 5.74) is 6.86. The third-order valence-corrected chi connectivity index (χ3v) is 4.55. The molecule has 1 N–H and O–H groups in total. The summed E-state index contributed by atoms with van der Waals surface area (Å²) < 4.78 is 1.28. The van der Waals surface area contributed by atoms with Crippen molar-refractivity contribution in [1.29, 1.82) is 0 Å². The second kappa shape index (κ2) is 7.41. The fourth-order valence-corrected chi connectivity index (χ4v) is 3.34. The van der Waals surface area contributed by atoms with Gasteiger partial charge < -0.3 is 5.32 Å². The Morgan fingerprint density at radius 2 is 1.57 bits per heavy atom. The molecular formula is C19H24IN. The number of benzene rings is 2. The molecule has 0 heterocycles. The van der Waals surface area contributed by atoms with Crippen molar-refractivity contribution in [3.05, 3.63) is 67.8 Å². The molecule has 2 aromatic carbocycles. The predicted molar refractivity (Wildman–Crippen MR) is 99.9 cm³/mol. The van der Waals surface area contributed by atoms with Crippen LogP contribution in [0, 0.1) is 24.3 Å². The second-order valence-corrected chi connectivity index (χ2v) is 7.00. The highest BCUT2D eigenvalue weighted by atomic mass is 127. The molecule has 0 saturated heterocycles. The molecule has 0 amide bonds. The number of hydrogen-bond acceptors (Lipinski definition) is 1. The van der Waals surface area contributed by atoms with Gasteiger partial charge >= 0.3 is 0 Å². The number of nitrogens with one attached hydrogen (secondary N) is 1. The highest BCUT2D eigenvalue weighted by Gasteiger charge is 2.17. The van der Waals surface area contributed by atoms with E-state index in [4.69, 9.17) is 0 Å². The van der Waals surface area contributed by atoms with E-state index in [1.54, 1.807) is 0 Å². The van der Waals surface area contributed by atoms with Crippen LogP contribution in [0.15, 0.2) is 36.4 Å². The summed E-state index contributed by atoms with van der Waals surface area (Å²) in [6.45, 7) is 9.87. The first kappa shape index (κ1) is 16.5. The quantitative estimate of drug-likeness (QED) is 0.680. The molecule has 0 aliphatic rings. The zero-order valence-electron chi connectivity index (χ0n) is 13.3. The number of rotatable bonds is 5. The summed E-state index contributed by atoms with van der Waals surface area (Å²) in [6, 6.07) is 13.7. The van der Waals surface area contributed by atoms with Crippen molar-refractivity contribution in [3.8, 4) is 0 Å². The average molecular weight is 393 g/mol. The zero-order valence-corrected chi connectivity index (χ0v) is 15.5. The minimum absolute atomic E-state index is 0.280. The maximum Gasteiger partial charge on any atom is 0.0581 e. The largest absolute Gasteiger partial charge is 0.306 e. The molecule has 112 valence electrons. The molecule has 0 saturated carbocycles. The minimum atomic E-state index is 0.280. The molecule has 2 aromatic rings. The summed E-state index contributed by atoms with van der Waals surface area (Å²) >= 11 is 2.36. The molecule has 0 bridgehead atoms. The van der Waals surface area contributed by atoms with Crippen molar-refractivity contribution < 1.29 is 0 Å². The zero-order chi connectivity index (χ0) is 15.4. The highest BCUT2D eigenvalue weighted by molar-refractivity contribution is 14.1. The maximum absolute atomic E-state index is 3.72. The van der Waals surface area contributed by atoms with E-state index in [0.717, 1.165) is 13.0 Å². The van der Waals surface area contributed by atoms with Gasteiger partial charge in [0.25, 0.3) is 0 Å². The summed E-state index contributed by atoms with van der Waals surface area (Å²) in [6.07, 6.45) is 1.14. The number of aryl methyl sites for hydroxylation is 3. The summed E-state index contributed by atoms with van der Waals surface area (Å²) in [7, 11) is 0. The van der Waals surface area contributed by atoms with Crippen LogP contribution in [0.3, 0.4) is 0 Å². The van der Waals surface area contributed by atoms with Crippen molar-refractivity contribution in [2.24, 2.45) is 0 Å². The fourth-order valence-electron chi connectivity index (χ4n) is 2.98. The molecule has 2 rings (SSSR count). The normalized spacial score (nSPS) is 12.4. The van der Waals surface area contributed by atoms with Gasteiger partial charge in [-0.25, -0.2) is 0 Å². The fraction of sp³-hybridized carbons (Fsp3) is 0.368. The summed E-state index contributed by atoms with van der Waals surface area (Å²) in [5, 5.41) is 3.72. The highest BCUT2D eigenvalue weighted by Crippen LogP contribution is 2.29.